The van der Waals surface area contributed by atoms with Crippen molar-refractivity contribution in [2.75, 3.05) is 0 Å². The van der Waals surface area contributed by atoms with Gasteiger partial charge in [-0.2, -0.15) is 0 Å². The zero-order chi connectivity index (χ0) is 10.8. The fourth-order valence-electron chi connectivity index (χ4n) is 1.33. The molecule has 0 aliphatic carbocycles. The maximum absolute atomic E-state index is 11.0. The maximum atomic E-state index is 11.0. The van der Waals surface area contributed by atoms with Gasteiger partial charge in [0.25, 0.3) is 0 Å². The topological polar surface area (TPSA) is 72.4 Å². The van der Waals surface area contributed by atoms with E-state index in [0.29, 0.717) is 5.69 Å². The Hall–Kier alpha value is -1.40. The summed E-state index contributed by atoms with van der Waals surface area (Å²) in [4.78, 5) is 15.3. The summed E-state index contributed by atoms with van der Waals surface area (Å²) in [7, 11) is 0. The largest absolute Gasteiger partial charge is 0.306 e. The molecule has 15 heavy (non-hydrogen) atoms. The van der Waals surface area contributed by atoms with Gasteiger partial charge in [-0.15, -0.1) is 0 Å². The Morgan fingerprint density at radius 2 is 2.47 bits per heavy atom. The first-order chi connectivity index (χ1) is 7.20. The van der Waals surface area contributed by atoms with Gasteiger partial charge in [-0.1, -0.05) is 0 Å². The molecule has 6 heteroatoms. The zero-order valence-electron chi connectivity index (χ0n) is 7.77. The highest BCUT2D eigenvalue weighted by molar-refractivity contribution is 9.10. The first-order valence-corrected chi connectivity index (χ1v) is 5.11. The van der Waals surface area contributed by atoms with Crippen molar-refractivity contribution in [1.82, 2.24) is 14.8 Å². The van der Waals surface area contributed by atoms with E-state index in [-0.39, 0.29) is 12.3 Å². The molecule has 0 unspecified atom stereocenters. The van der Waals surface area contributed by atoms with Crippen LogP contribution in [-0.4, -0.2) is 15.3 Å². The number of carbonyl (C=O) groups is 1. The second-order valence-corrected chi connectivity index (χ2v) is 3.92. The van der Waals surface area contributed by atoms with Crippen LogP contribution in [0.2, 0.25) is 0 Å². The number of pyridine rings is 1. The molecule has 0 aromatic carbocycles. The van der Waals surface area contributed by atoms with Crippen LogP contribution in [0, 0.1) is 0 Å². The number of hydrogen-bond acceptors (Lipinski definition) is 3. The minimum Gasteiger partial charge on any atom is -0.306 e. The van der Waals surface area contributed by atoms with Crippen LogP contribution in [0.3, 0.4) is 0 Å². The van der Waals surface area contributed by atoms with Gasteiger partial charge in [0.2, 0.25) is 5.91 Å². The molecule has 0 saturated heterocycles. The second-order valence-electron chi connectivity index (χ2n) is 3.06. The van der Waals surface area contributed by atoms with E-state index in [1.54, 1.807) is 6.20 Å². The molecule has 1 amide bonds. The van der Waals surface area contributed by atoms with Crippen LogP contribution < -0.4 is 11.3 Å². The smallest absolute Gasteiger partial charge is 0.239 e. The number of carbonyl (C=O) groups excluding carboxylic acids is 1. The van der Waals surface area contributed by atoms with E-state index in [0.717, 1.165) is 10.1 Å². The van der Waals surface area contributed by atoms with E-state index in [2.05, 4.69) is 26.3 Å². The lowest BCUT2D eigenvalue weighted by Crippen LogP contribution is -2.31. The van der Waals surface area contributed by atoms with Crippen molar-refractivity contribution in [3.63, 3.8) is 0 Å². The highest BCUT2D eigenvalue weighted by Crippen LogP contribution is 2.16. The summed E-state index contributed by atoms with van der Waals surface area (Å²) in [5.41, 5.74) is 3.55. The Balaban J connectivity index is 2.39. The molecule has 78 valence electrons. The summed E-state index contributed by atoms with van der Waals surface area (Å²) in [5, 5.41) is 0. The van der Waals surface area contributed by atoms with Crippen molar-refractivity contribution in [3.05, 3.63) is 34.7 Å². The van der Waals surface area contributed by atoms with Crippen LogP contribution in [0.5, 0.6) is 0 Å². The van der Waals surface area contributed by atoms with Gasteiger partial charge in [0, 0.05) is 12.4 Å². The summed E-state index contributed by atoms with van der Waals surface area (Å²) in [5.74, 6) is 4.75. The Bertz CT molecular complexity index is 508. The van der Waals surface area contributed by atoms with Crippen LogP contribution in [0.4, 0.5) is 0 Å². The van der Waals surface area contributed by atoms with Gasteiger partial charge >= 0.3 is 0 Å². The van der Waals surface area contributed by atoms with Gasteiger partial charge in [0.15, 0.2) is 5.65 Å². The number of nitrogens with two attached hydrogens (primary N) is 1. The van der Waals surface area contributed by atoms with Crippen molar-refractivity contribution in [2.45, 2.75) is 6.42 Å². The molecule has 0 aliphatic heterocycles. The van der Waals surface area contributed by atoms with E-state index in [4.69, 9.17) is 5.84 Å². The molecule has 2 aromatic rings. The van der Waals surface area contributed by atoms with E-state index < -0.39 is 0 Å². The van der Waals surface area contributed by atoms with Crippen molar-refractivity contribution in [3.8, 4) is 0 Å². The maximum Gasteiger partial charge on any atom is 0.239 e. The molecule has 0 aliphatic rings. The lowest BCUT2D eigenvalue weighted by atomic mass is 10.3. The summed E-state index contributed by atoms with van der Waals surface area (Å²) in [6.07, 6.45) is 3.86. The second kappa shape index (κ2) is 4.00. The molecular weight excluding hydrogens is 260 g/mol. The summed E-state index contributed by atoms with van der Waals surface area (Å²) < 4.78 is 2.74. The fraction of sp³-hybridized carbons (Fsp3) is 0.111. The van der Waals surface area contributed by atoms with E-state index >= 15 is 0 Å². The Morgan fingerprint density at radius 3 is 3.13 bits per heavy atom. The Labute approximate surface area is 94.4 Å². The highest BCUT2D eigenvalue weighted by Gasteiger charge is 2.07. The number of amides is 1. The highest BCUT2D eigenvalue weighted by atomic mass is 79.9. The molecule has 5 nitrogen and oxygen atoms in total. The summed E-state index contributed by atoms with van der Waals surface area (Å²) in [6, 6.07) is 3.79. The van der Waals surface area contributed by atoms with Crippen molar-refractivity contribution >= 4 is 27.5 Å². The first kappa shape index (κ1) is 10.1. The number of halogens is 1. The average Bonchev–Trinajstić information content (AvgIpc) is 2.62. The van der Waals surface area contributed by atoms with Gasteiger partial charge in [-0.05, 0) is 28.1 Å². The molecule has 0 fully saturated rings. The Kier molecular flexibility index (Phi) is 2.70. The van der Waals surface area contributed by atoms with E-state index in [1.165, 1.54) is 0 Å². The summed E-state index contributed by atoms with van der Waals surface area (Å²) >= 11 is 3.38. The number of fused-ring (bicyclic) bond motifs is 1. The van der Waals surface area contributed by atoms with Crippen LogP contribution >= 0.6 is 15.9 Å². The number of rotatable bonds is 2. The van der Waals surface area contributed by atoms with Gasteiger partial charge in [-0.25, -0.2) is 10.8 Å². The SMILES string of the molecule is NNC(=O)Cc1cn2cccc(Br)c2n1. The standard InChI is InChI=1S/C9H9BrN4O/c10-7-2-1-3-14-5-6(12-9(7)14)4-8(15)13-11/h1-3,5H,4,11H2,(H,13,15). The third kappa shape index (κ3) is 2.00. The van der Waals surface area contributed by atoms with Crippen molar-refractivity contribution in [2.24, 2.45) is 5.84 Å². The molecule has 2 aromatic heterocycles. The van der Waals surface area contributed by atoms with Gasteiger partial charge in [0.1, 0.15) is 0 Å². The number of imidazole rings is 1. The van der Waals surface area contributed by atoms with Gasteiger partial charge in [0.05, 0.1) is 16.6 Å². The minimum absolute atomic E-state index is 0.185. The molecule has 2 heterocycles. The molecule has 0 radical (unpaired) electrons. The van der Waals surface area contributed by atoms with E-state index in [1.807, 2.05) is 22.7 Å². The molecule has 2 rings (SSSR count). The zero-order valence-corrected chi connectivity index (χ0v) is 9.36. The average molecular weight is 269 g/mol. The minimum atomic E-state index is -0.255. The third-order valence-corrected chi connectivity index (χ3v) is 2.61. The van der Waals surface area contributed by atoms with Gasteiger partial charge in [-0.3, -0.25) is 10.2 Å². The predicted molar refractivity (Wildman–Crippen MR) is 58.9 cm³/mol. The van der Waals surface area contributed by atoms with Crippen LogP contribution in [0.25, 0.3) is 5.65 Å². The number of nitrogens with zero attached hydrogens (tertiary/aromatic N) is 2. The van der Waals surface area contributed by atoms with E-state index in [9.17, 15) is 4.79 Å². The lowest BCUT2D eigenvalue weighted by molar-refractivity contribution is -0.120. The molecular formula is C9H9BrN4O. The van der Waals surface area contributed by atoms with Gasteiger partial charge < -0.3 is 4.40 Å². The van der Waals surface area contributed by atoms with Crippen molar-refractivity contribution in [1.29, 1.82) is 0 Å². The molecule has 0 bridgehead atoms. The van der Waals surface area contributed by atoms with Crippen LogP contribution in [0.1, 0.15) is 5.69 Å². The van der Waals surface area contributed by atoms with Crippen molar-refractivity contribution < 1.29 is 4.79 Å². The fourth-order valence-corrected chi connectivity index (χ4v) is 1.78. The quantitative estimate of drug-likeness (QED) is 0.477. The predicted octanol–water partition coefficient (Wildman–Crippen LogP) is 0.629. The number of nitrogens with one attached hydrogen (secondary N) is 1. The first-order valence-electron chi connectivity index (χ1n) is 4.32. The number of aromatic nitrogens is 2. The normalized spacial score (nSPS) is 10.5. The van der Waals surface area contributed by atoms with Crippen LogP contribution in [-0.2, 0) is 11.2 Å². The number of hydrazine groups is 1. The molecule has 0 atom stereocenters. The third-order valence-electron chi connectivity index (χ3n) is 1.99. The number of hydrogen-bond donors (Lipinski definition) is 2. The monoisotopic (exact) mass is 268 g/mol. The molecule has 3 N–H and O–H groups in total. The molecule has 0 spiro atoms. The molecule has 0 saturated carbocycles. The lowest BCUT2D eigenvalue weighted by Gasteiger charge is -1.93. The van der Waals surface area contributed by atoms with Crippen LogP contribution in [0.15, 0.2) is 29.0 Å². The Morgan fingerprint density at radius 1 is 1.67 bits per heavy atom. The summed E-state index contributed by atoms with van der Waals surface area (Å²) in [6.45, 7) is 0.